The van der Waals surface area contributed by atoms with Crippen LogP contribution in [0.15, 0.2) is 42.6 Å². The van der Waals surface area contributed by atoms with Crippen LogP contribution in [-0.4, -0.2) is 23.2 Å². The lowest BCUT2D eigenvalue weighted by Crippen LogP contribution is -2.29. The third-order valence-corrected chi connectivity index (χ3v) is 5.20. The van der Waals surface area contributed by atoms with E-state index in [0.717, 1.165) is 12.2 Å². The molecule has 0 aliphatic carbocycles. The molecule has 1 aliphatic heterocycles. The predicted octanol–water partition coefficient (Wildman–Crippen LogP) is 3.50. The van der Waals surface area contributed by atoms with Gasteiger partial charge in [0.1, 0.15) is 4.64 Å². The van der Waals surface area contributed by atoms with Gasteiger partial charge in [0.15, 0.2) is 0 Å². The van der Waals surface area contributed by atoms with Crippen LogP contribution in [0.25, 0.3) is 0 Å². The molecule has 0 bridgehead atoms. The molecule has 0 saturated carbocycles. The van der Waals surface area contributed by atoms with E-state index in [0.29, 0.717) is 22.0 Å². The molecule has 0 fully saturated rings. The quantitative estimate of drug-likeness (QED) is 0.852. The number of rotatable bonds is 3. The van der Waals surface area contributed by atoms with Crippen molar-refractivity contribution in [3.63, 3.8) is 0 Å². The summed E-state index contributed by atoms with van der Waals surface area (Å²) in [5, 5.41) is 3.32. The molecular formula is C16H16N2OS2. The number of benzene rings is 1. The average Bonchev–Trinajstić information content (AvgIpc) is 2.53. The first kappa shape index (κ1) is 14.4. The van der Waals surface area contributed by atoms with Crippen molar-refractivity contribution in [1.29, 1.82) is 0 Å². The van der Waals surface area contributed by atoms with Crippen molar-refractivity contribution in [2.45, 2.75) is 11.7 Å². The van der Waals surface area contributed by atoms with Gasteiger partial charge >= 0.3 is 0 Å². The molecule has 1 amide bonds. The maximum atomic E-state index is 12.2. The highest BCUT2D eigenvalue weighted by Gasteiger charge is 2.21. The molecule has 1 aromatic heterocycles. The third-order valence-electron chi connectivity index (χ3n) is 3.60. The van der Waals surface area contributed by atoms with E-state index in [1.807, 2.05) is 11.8 Å². The first-order valence-corrected chi connectivity index (χ1v) is 8.37. The number of hydrogen-bond acceptors (Lipinski definition) is 3. The number of pyridine rings is 1. The van der Waals surface area contributed by atoms with Crippen LogP contribution in [0.4, 0.5) is 0 Å². The van der Waals surface area contributed by atoms with Gasteiger partial charge < -0.3 is 10.3 Å². The minimum Gasteiger partial charge on any atom is -0.352 e. The van der Waals surface area contributed by atoms with E-state index in [1.165, 1.54) is 11.1 Å². The smallest absolute Gasteiger partial charge is 0.254 e. The third kappa shape index (κ3) is 3.19. The second-order valence-electron chi connectivity index (χ2n) is 4.93. The molecule has 108 valence electrons. The number of hydrogen-bond donors (Lipinski definition) is 2. The number of amides is 1. The van der Waals surface area contributed by atoms with Crippen molar-refractivity contribution in [3.05, 3.63) is 63.9 Å². The number of carbonyl (C=O) groups excluding carboxylic acids is 1. The fourth-order valence-corrected chi connectivity index (χ4v) is 3.99. The summed E-state index contributed by atoms with van der Waals surface area (Å²) < 4.78 is 0.478. The zero-order chi connectivity index (χ0) is 14.7. The van der Waals surface area contributed by atoms with Gasteiger partial charge in [0, 0.05) is 18.0 Å². The molecule has 0 spiro atoms. The second-order valence-corrected chi connectivity index (χ2v) is 6.65. The van der Waals surface area contributed by atoms with Crippen molar-refractivity contribution in [2.24, 2.45) is 0 Å². The van der Waals surface area contributed by atoms with E-state index in [9.17, 15) is 4.79 Å². The van der Waals surface area contributed by atoms with Crippen LogP contribution in [0.2, 0.25) is 0 Å². The van der Waals surface area contributed by atoms with Gasteiger partial charge in [0.05, 0.1) is 5.56 Å². The van der Waals surface area contributed by atoms with Crippen molar-refractivity contribution < 1.29 is 4.79 Å². The highest BCUT2D eigenvalue weighted by atomic mass is 32.2. The normalized spacial score (nSPS) is 17.0. The lowest BCUT2D eigenvalue weighted by molar-refractivity contribution is 0.0953. The van der Waals surface area contributed by atoms with Crippen molar-refractivity contribution in [2.75, 3.05) is 12.3 Å². The van der Waals surface area contributed by atoms with Gasteiger partial charge in [-0.2, -0.15) is 11.8 Å². The van der Waals surface area contributed by atoms with Crippen molar-refractivity contribution in [1.82, 2.24) is 10.3 Å². The van der Waals surface area contributed by atoms with Crippen molar-refractivity contribution in [3.8, 4) is 0 Å². The summed E-state index contributed by atoms with van der Waals surface area (Å²) in [4.78, 5) is 15.1. The van der Waals surface area contributed by atoms with Gasteiger partial charge in [-0.25, -0.2) is 0 Å². The lowest BCUT2D eigenvalue weighted by atomic mass is 10.0. The Morgan fingerprint density at radius 2 is 2.19 bits per heavy atom. The summed E-state index contributed by atoms with van der Waals surface area (Å²) in [6, 6.07) is 12.0. The molecule has 2 aromatic rings. The molecule has 3 nitrogen and oxygen atoms in total. The Hall–Kier alpha value is -1.59. The van der Waals surface area contributed by atoms with Gasteiger partial charge in [-0.15, -0.1) is 0 Å². The molecule has 3 rings (SSSR count). The number of aryl methyl sites for hydroxylation is 1. The van der Waals surface area contributed by atoms with Crippen LogP contribution >= 0.6 is 24.0 Å². The number of thioether (sulfide) groups is 1. The summed E-state index contributed by atoms with van der Waals surface area (Å²) in [7, 11) is 0. The van der Waals surface area contributed by atoms with Crippen LogP contribution < -0.4 is 5.32 Å². The molecule has 0 radical (unpaired) electrons. The Bertz CT molecular complexity index is 711. The summed E-state index contributed by atoms with van der Waals surface area (Å²) in [6.45, 7) is 0.629. The SMILES string of the molecule is O=C(NCC1SCCc2ccccc21)c1ccc[nH]c1=S. The Morgan fingerprint density at radius 3 is 3.05 bits per heavy atom. The van der Waals surface area contributed by atoms with E-state index in [1.54, 1.807) is 18.3 Å². The van der Waals surface area contributed by atoms with Crippen LogP contribution in [0, 0.1) is 4.64 Å². The largest absolute Gasteiger partial charge is 0.352 e. The van der Waals surface area contributed by atoms with Crippen molar-refractivity contribution >= 4 is 29.9 Å². The molecule has 0 saturated heterocycles. The Labute approximate surface area is 133 Å². The van der Waals surface area contributed by atoms with Gasteiger partial charge in [0.2, 0.25) is 0 Å². The fraction of sp³-hybridized carbons (Fsp3) is 0.250. The summed E-state index contributed by atoms with van der Waals surface area (Å²) in [6.07, 6.45) is 2.83. The van der Waals surface area contributed by atoms with Crippen LogP contribution in [-0.2, 0) is 6.42 Å². The Balaban J connectivity index is 1.70. The second kappa shape index (κ2) is 6.45. The number of H-pyrrole nitrogens is 1. The highest BCUT2D eigenvalue weighted by molar-refractivity contribution is 7.99. The van der Waals surface area contributed by atoms with Gasteiger partial charge in [-0.3, -0.25) is 4.79 Å². The van der Waals surface area contributed by atoms with E-state index in [4.69, 9.17) is 12.2 Å². The number of carbonyl (C=O) groups is 1. The molecule has 1 unspecified atom stereocenters. The summed E-state index contributed by atoms with van der Waals surface area (Å²) in [5.74, 6) is 0.990. The fourth-order valence-electron chi connectivity index (χ4n) is 2.53. The minimum absolute atomic E-state index is 0.111. The van der Waals surface area contributed by atoms with E-state index in [-0.39, 0.29) is 5.91 Å². The number of aromatic amines is 1. The molecule has 1 aliphatic rings. The summed E-state index contributed by atoms with van der Waals surface area (Å²) in [5.41, 5.74) is 3.27. The zero-order valence-electron chi connectivity index (χ0n) is 11.5. The van der Waals surface area contributed by atoms with Gasteiger partial charge in [0.25, 0.3) is 5.91 Å². The first-order chi connectivity index (χ1) is 10.3. The van der Waals surface area contributed by atoms with E-state index in [2.05, 4.69) is 34.6 Å². The number of aromatic nitrogens is 1. The highest BCUT2D eigenvalue weighted by Crippen LogP contribution is 2.35. The topological polar surface area (TPSA) is 44.9 Å². The zero-order valence-corrected chi connectivity index (χ0v) is 13.1. The summed E-state index contributed by atoms with van der Waals surface area (Å²) >= 11 is 7.04. The lowest BCUT2D eigenvalue weighted by Gasteiger charge is -2.25. The number of fused-ring (bicyclic) bond motifs is 1. The monoisotopic (exact) mass is 316 g/mol. The minimum atomic E-state index is -0.111. The van der Waals surface area contributed by atoms with Crippen LogP contribution in [0.5, 0.6) is 0 Å². The first-order valence-electron chi connectivity index (χ1n) is 6.91. The Kier molecular flexibility index (Phi) is 4.41. The molecule has 2 heterocycles. The van der Waals surface area contributed by atoms with Crippen LogP contribution in [0.3, 0.4) is 0 Å². The van der Waals surface area contributed by atoms with Gasteiger partial charge in [-0.1, -0.05) is 36.5 Å². The maximum Gasteiger partial charge on any atom is 0.254 e. The molecule has 2 N–H and O–H groups in total. The van der Waals surface area contributed by atoms with Crippen LogP contribution in [0.1, 0.15) is 26.7 Å². The maximum absolute atomic E-state index is 12.2. The molecular weight excluding hydrogens is 300 g/mol. The number of nitrogens with one attached hydrogen (secondary N) is 2. The van der Waals surface area contributed by atoms with Gasteiger partial charge in [-0.05, 0) is 35.4 Å². The molecule has 1 atom stereocenters. The molecule has 5 heteroatoms. The van der Waals surface area contributed by atoms with E-state index >= 15 is 0 Å². The standard InChI is InChI=1S/C16H16N2OS2/c19-15(13-6-3-8-17-16(13)20)18-10-14-12-5-2-1-4-11(12)7-9-21-14/h1-6,8,14H,7,9-10H2,(H,17,20)(H,18,19). The molecule has 21 heavy (non-hydrogen) atoms. The molecule has 1 aromatic carbocycles. The Morgan fingerprint density at radius 1 is 1.33 bits per heavy atom. The average molecular weight is 316 g/mol. The predicted molar refractivity (Wildman–Crippen MR) is 89.3 cm³/mol. The van der Waals surface area contributed by atoms with E-state index < -0.39 is 0 Å².